The SMILES string of the molecule is CC[C@H](C)Nc1nc(Nc2ccccc2OC)cc(-c2cccnc2)n1. The normalized spacial score (nSPS) is 11.7. The van der Waals surface area contributed by atoms with Gasteiger partial charge in [-0.2, -0.15) is 4.98 Å². The molecule has 134 valence electrons. The zero-order valence-electron chi connectivity index (χ0n) is 15.2. The number of nitrogens with one attached hydrogen (secondary N) is 2. The van der Waals surface area contributed by atoms with Crippen molar-refractivity contribution in [2.24, 2.45) is 0 Å². The van der Waals surface area contributed by atoms with Crippen molar-refractivity contribution in [1.82, 2.24) is 15.0 Å². The van der Waals surface area contributed by atoms with Gasteiger partial charge in [0.25, 0.3) is 0 Å². The fourth-order valence-electron chi connectivity index (χ4n) is 2.45. The van der Waals surface area contributed by atoms with E-state index in [-0.39, 0.29) is 6.04 Å². The Balaban J connectivity index is 1.99. The lowest BCUT2D eigenvalue weighted by atomic mass is 10.2. The maximum absolute atomic E-state index is 5.41. The summed E-state index contributed by atoms with van der Waals surface area (Å²) in [7, 11) is 1.65. The molecular weight excluding hydrogens is 326 g/mol. The average molecular weight is 349 g/mol. The first-order chi connectivity index (χ1) is 12.7. The van der Waals surface area contributed by atoms with E-state index in [4.69, 9.17) is 4.74 Å². The molecule has 2 aromatic heterocycles. The summed E-state index contributed by atoms with van der Waals surface area (Å²) in [5.74, 6) is 2.03. The van der Waals surface area contributed by atoms with Crippen LogP contribution in [-0.2, 0) is 0 Å². The van der Waals surface area contributed by atoms with Crippen molar-refractivity contribution in [3.8, 4) is 17.0 Å². The highest BCUT2D eigenvalue weighted by Crippen LogP contribution is 2.28. The third-order valence-corrected chi connectivity index (χ3v) is 4.04. The van der Waals surface area contributed by atoms with Gasteiger partial charge in [0, 0.05) is 30.1 Å². The van der Waals surface area contributed by atoms with Gasteiger partial charge in [0.2, 0.25) is 5.95 Å². The van der Waals surface area contributed by atoms with E-state index in [2.05, 4.69) is 39.4 Å². The minimum Gasteiger partial charge on any atom is -0.495 e. The molecule has 0 spiro atoms. The maximum Gasteiger partial charge on any atom is 0.225 e. The molecule has 0 fully saturated rings. The largest absolute Gasteiger partial charge is 0.495 e. The van der Waals surface area contributed by atoms with Gasteiger partial charge in [-0.25, -0.2) is 4.98 Å². The molecule has 0 amide bonds. The van der Waals surface area contributed by atoms with E-state index < -0.39 is 0 Å². The maximum atomic E-state index is 5.41. The number of methoxy groups -OCH3 is 1. The Morgan fingerprint density at radius 1 is 1.12 bits per heavy atom. The summed E-state index contributed by atoms with van der Waals surface area (Å²) in [4.78, 5) is 13.4. The van der Waals surface area contributed by atoms with E-state index in [9.17, 15) is 0 Å². The molecule has 3 rings (SSSR count). The lowest BCUT2D eigenvalue weighted by Crippen LogP contribution is -2.16. The molecule has 0 saturated carbocycles. The first-order valence-corrected chi connectivity index (χ1v) is 8.65. The van der Waals surface area contributed by atoms with Gasteiger partial charge >= 0.3 is 0 Å². The third kappa shape index (κ3) is 4.27. The van der Waals surface area contributed by atoms with Crippen molar-refractivity contribution >= 4 is 17.5 Å². The Hall–Kier alpha value is -3.15. The van der Waals surface area contributed by atoms with Crippen molar-refractivity contribution in [3.05, 3.63) is 54.9 Å². The number of benzene rings is 1. The number of para-hydroxylation sites is 2. The number of aromatic nitrogens is 3. The van der Waals surface area contributed by atoms with Gasteiger partial charge in [-0.05, 0) is 37.6 Å². The number of nitrogens with zero attached hydrogens (tertiary/aromatic N) is 3. The minimum atomic E-state index is 0.276. The molecule has 0 saturated heterocycles. The van der Waals surface area contributed by atoms with E-state index in [0.29, 0.717) is 11.8 Å². The van der Waals surface area contributed by atoms with Crippen molar-refractivity contribution in [2.75, 3.05) is 17.7 Å². The molecule has 2 N–H and O–H groups in total. The standard InChI is InChI=1S/C20H23N5O/c1-4-14(2)22-20-24-17(15-8-7-11-21-13-15)12-19(25-20)23-16-9-5-6-10-18(16)26-3/h5-14H,4H2,1-3H3,(H2,22,23,24,25)/t14-/m0/s1. The second kappa shape index (κ2) is 8.29. The molecule has 6 heteroatoms. The number of ether oxygens (including phenoxy) is 1. The average Bonchev–Trinajstić information content (AvgIpc) is 2.69. The molecule has 0 unspecified atom stereocenters. The number of hydrogen-bond acceptors (Lipinski definition) is 6. The lowest BCUT2D eigenvalue weighted by Gasteiger charge is -2.15. The molecule has 3 aromatic rings. The fraction of sp³-hybridized carbons (Fsp3) is 0.250. The fourth-order valence-corrected chi connectivity index (χ4v) is 2.45. The highest BCUT2D eigenvalue weighted by Gasteiger charge is 2.10. The van der Waals surface area contributed by atoms with Gasteiger partial charge < -0.3 is 15.4 Å². The van der Waals surface area contributed by atoms with Crippen LogP contribution >= 0.6 is 0 Å². The van der Waals surface area contributed by atoms with E-state index >= 15 is 0 Å². The Morgan fingerprint density at radius 3 is 2.69 bits per heavy atom. The van der Waals surface area contributed by atoms with Crippen LogP contribution in [0.25, 0.3) is 11.3 Å². The highest BCUT2D eigenvalue weighted by atomic mass is 16.5. The summed E-state index contributed by atoms with van der Waals surface area (Å²) < 4.78 is 5.41. The van der Waals surface area contributed by atoms with Crippen molar-refractivity contribution in [3.63, 3.8) is 0 Å². The molecule has 26 heavy (non-hydrogen) atoms. The van der Waals surface area contributed by atoms with Crippen molar-refractivity contribution in [2.45, 2.75) is 26.3 Å². The summed E-state index contributed by atoms with van der Waals surface area (Å²) in [6.45, 7) is 4.23. The first-order valence-electron chi connectivity index (χ1n) is 8.65. The molecule has 0 aliphatic carbocycles. The topological polar surface area (TPSA) is 72.0 Å². The smallest absolute Gasteiger partial charge is 0.225 e. The second-order valence-electron chi connectivity index (χ2n) is 5.98. The molecule has 6 nitrogen and oxygen atoms in total. The van der Waals surface area contributed by atoms with Crippen LogP contribution in [0.4, 0.5) is 17.5 Å². The predicted molar refractivity (Wildman–Crippen MR) is 105 cm³/mol. The Labute approximate surface area is 153 Å². The van der Waals surface area contributed by atoms with Gasteiger partial charge in [-0.1, -0.05) is 19.1 Å². The highest BCUT2D eigenvalue weighted by molar-refractivity contribution is 5.69. The first kappa shape index (κ1) is 17.7. The van der Waals surface area contributed by atoms with Gasteiger partial charge in [0.1, 0.15) is 11.6 Å². The summed E-state index contributed by atoms with van der Waals surface area (Å²) >= 11 is 0. The summed E-state index contributed by atoms with van der Waals surface area (Å²) in [5.41, 5.74) is 2.59. The molecular formula is C20H23N5O. The number of hydrogen-bond donors (Lipinski definition) is 2. The van der Waals surface area contributed by atoms with Gasteiger partial charge in [-0.15, -0.1) is 0 Å². The van der Waals surface area contributed by atoms with Crippen LogP contribution in [-0.4, -0.2) is 28.1 Å². The summed E-state index contributed by atoms with van der Waals surface area (Å²) in [5, 5.41) is 6.67. The molecule has 0 aliphatic heterocycles. The van der Waals surface area contributed by atoms with Crippen molar-refractivity contribution in [1.29, 1.82) is 0 Å². The molecule has 0 radical (unpaired) electrons. The lowest BCUT2D eigenvalue weighted by molar-refractivity contribution is 0.417. The van der Waals surface area contributed by atoms with E-state index in [1.807, 2.05) is 42.5 Å². The molecule has 1 atom stereocenters. The number of anilines is 3. The molecule has 2 heterocycles. The Bertz CT molecular complexity index is 854. The molecule has 1 aromatic carbocycles. The van der Waals surface area contributed by atoms with Crippen LogP contribution in [0.5, 0.6) is 5.75 Å². The van der Waals surface area contributed by atoms with Crippen LogP contribution in [0.3, 0.4) is 0 Å². The zero-order valence-corrected chi connectivity index (χ0v) is 15.2. The van der Waals surface area contributed by atoms with Gasteiger partial charge in [0.05, 0.1) is 18.5 Å². The quantitative estimate of drug-likeness (QED) is 0.654. The van der Waals surface area contributed by atoms with E-state index in [1.165, 1.54) is 0 Å². The van der Waals surface area contributed by atoms with Crippen LogP contribution in [0.15, 0.2) is 54.9 Å². The Morgan fingerprint density at radius 2 is 1.96 bits per heavy atom. The van der Waals surface area contributed by atoms with Crippen LogP contribution in [0.1, 0.15) is 20.3 Å². The predicted octanol–water partition coefficient (Wildman–Crippen LogP) is 4.50. The Kier molecular flexibility index (Phi) is 5.63. The summed E-state index contributed by atoms with van der Waals surface area (Å²) in [6.07, 6.45) is 4.52. The van der Waals surface area contributed by atoms with E-state index in [1.54, 1.807) is 19.5 Å². The monoisotopic (exact) mass is 349 g/mol. The number of pyridine rings is 1. The minimum absolute atomic E-state index is 0.276. The summed E-state index contributed by atoms with van der Waals surface area (Å²) in [6, 6.07) is 13.8. The second-order valence-corrected chi connectivity index (χ2v) is 5.98. The van der Waals surface area contributed by atoms with Gasteiger partial charge in [-0.3, -0.25) is 4.98 Å². The van der Waals surface area contributed by atoms with Gasteiger partial charge in [0.15, 0.2) is 0 Å². The molecule has 0 aliphatic rings. The van der Waals surface area contributed by atoms with Crippen molar-refractivity contribution < 1.29 is 4.74 Å². The zero-order chi connectivity index (χ0) is 18.4. The van der Waals surface area contributed by atoms with E-state index in [0.717, 1.165) is 29.1 Å². The molecule has 0 bridgehead atoms. The third-order valence-electron chi connectivity index (χ3n) is 4.04. The number of rotatable bonds is 7. The van der Waals surface area contributed by atoms with Crippen LogP contribution in [0.2, 0.25) is 0 Å². The van der Waals surface area contributed by atoms with Crippen LogP contribution in [0, 0.1) is 0 Å². The van der Waals surface area contributed by atoms with Crippen LogP contribution < -0.4 is 15.4 Å².